The van der Waals surface area contributed by atoms with Gasteiger partial charge in [-0.05, 0) is 31.5 Å². The molecule has 0 aliphatic carbocycles. The van der Waals surface area contributed by atoms with Crippen molar-refractivity contribution < 1.29 is 4.79 Å². The van der Waals surface area contributed by atoms with Crippen LogP contribution in [0.5, 0.6) is 0 Å². The standard InChI is InChI=1S/C15H18ClN3OS/c1-9(2)12-18-19-14(21-12)17-13(20)15(3,4)10-6-5-7-11(16)8-10/h5-9H,1-4H3,(H,17,19,20). The Bertz CT molecular complexity index is 652. The van der Waals surface area contributed by atoms with E-state index in [9.17, 15) is 4.79 Å². The molecule has 0 saturated carbocycles. The Morgan fingerprint density at radius 2 is 2.05 bits per heavy atom. The van der Waals surface area contributed by atoms with Gasteiger partial charge in [-0.1, -0.05) is 48.9 Å². The first-order valence-corrected chi connectivity index (χ1v) is 7.91. The van der Waals surface area contributed by atoms with Crippen molar-refractivity contribution in [1.82, 2.24) is 10.2 Å². The summed E-state index contributed by atoms with van der Waals surface area (Å²) in [7, 11) is 0. The van der Waals surface area contributed by atoms with E-state index in [1.165, 1.54) is 11.3 Å². The van der Waals surface area contributed by atoms with Gasteiger partial charge in [0.05, 0.1) is 5.41 Å². The second-order valence-corrected chi connectivity index (χ2v) is 7.14. The van der Waals surface area contributed by atoms with E-state index >= 15 is 0 Å². The van der Waals surface area contributed by atoms with Gasteiger partial charge in [-0.2, -0.15) is 0 Å². The lowest BCUT2D eigenvalue weighted by Gasteiger charge is -2.23. The maximum Gasteiger partial charge on any atom is 0.236 e. The van der Waals surface area contributed by atoms with Crippen LogP contribution in [0.15, 0.2) is 24.3 Å². The number of halogens is 1. The van der Waals surface area contributed by atoms with Crippen LogP contribution < -0.4 is 5.32 Å². The molecular weight excluding hydrogens is 306 g/mol. The van der Waals surface area contributed by atoms with E-state index in [0.29, 0.717) is 16.1 Å². The molecule has 112 valence electrons. The Kier molecular flexibility index (Phi) is 4.64. The highest BCUT2D eigenvalue weighted by Gasteiger charge is 2.30. The van der Waals surface area contributed by atoms with E-state index in [4.69, 9.17) is 11.6 Å². The molecule has 0 fully saturated rings. The quantitative estimate of drug-likeness (QED) is 0.916. The summed E-state index contributed by atoms with van der Waals surface area (Å²) in [5.74, 6) is 0.172. The van der Waals surface area contributed by atoms with Crippen molar-refractivity contribution in [3.05, 3.63) is 39.9 Å². The normalized spacial score (nSPS) is 11.7. The average Bonchev–Trinajstić information content (AvgIpc) is 2.87. The van der Waals surface area contributed by atoms with E-state index in [0.717, 1.165) is 10.6 Å². The first kappa shape index (κ1) is 15.9. The van der Waals surface area contributed by atoms with E-state index < -0.39 is 5.41 Å². The van der Waals surface area contributed by atoms with Gasteiger partial charge in [0, 0.05) is 10.9 Å². The molecule has 0 spiro atoms. The van der Waals surface area contributed by atoms with Gasteiger partial charge in [0.25, 0.3) is 0 Å². The summed E-state index contributed by atoms with van der Waals surface area (Å²) in [6.45, 7) is 7.81. The van der Waals surface area contributed by atoms with Gasteiger partial charge in [-0.3, -0.25) is 10.1 Å². The predicted octanol–water partition coefficient (Wildman–Crippen LogP) is 4.23. The number of rotatable bonds is 4. The zero-order valence-corrected chi connectivity index (χ0v) is 14.0. The van der Waals surface area contributed by atoms with Gasteiger partial charge < -0.3 is 0 Å². The summed E-state index contributed by atoms with van der Waals surface area (Å²) in [5, 5.41) is 13.0. The fourth-order valence-electron chi connectivity index (χ4n) is 1.78. The van der Waals surface area contributed by atoms with Crippen molar-refractivity contribution in [2.45, 2.75) is 39.0 Å². The molecule has 0 saturated heterocycles. The molecule has 0 aliphatic heterocycles. The number of anilines is 1. The summed E-state index contributed by atoms with van der Waals surface area (Å²) in [6, 6.07) is 7.33. The lowest BCUT2D eigenvalue weighted by Crippen LogP contribution is -2.34. The van der Waals surface area contributed by atoms with Crippen LogP contribution in [0, 0.1) is 0 Å². The molecule has 2 aromatic rings. The number of carbonyl (C=O) groups excluding carboxylic acids is 1. The molecule has 2 rings (SSSR count). The molecule has 1 aromatic carbocycles. The van der Waals surface area contributed by atoms with Gasteiger partial charge in [0.15, 0.2) is 0 Å². The number of aromatic nitrogens is 2. The summed E-state index contributed by atoms with van der Waals surface area (Å²) >= 11 is 7.41. The van der Waals surface area contributed by atoms with Crippen LogP contribution in [0.1, 0.15) is 44.2 Å². The number of hydrogen-bond acceptors (Lipinski definition) is 4. The minimum Gasteiger partial charge on any atom is -0.300 e. The van der Waals surface area contributed by atoms with E-state index in [1.54, 1.807) is 12.1 Å². The SMILES string of the molecule is CC(C)c1nnc(NC(=O)C(C)(C)c2cccc(Cl)c2)s1. The van der Waals surface area contributed by atoms with Crippen LogP contribution in [0.3, 0.4) is 0 Å². The number of nitrogens with one attached hydrogen (secondary N) is 1. The molecule has 6 heteroatoms. The topological polar surface area (TPSA) is 54.9 Å². The fraction of sp³-hybridized carbons (Fsp3) is 0.400. The van der Waals surface area contributed by atoms with Crippen molar-refractivity contribution in [2.24, 2.45) is 0 Å². The minimum atomic E-state index is -0.700. The third kappa shape index (κ3) is 3.60. The third-order valence-electron chi connectivity index (χ3n) is 3.27. The van der Waals surface area contributed by atoms with Gasteiger partial charge >= 0.3 is 0 Å². The Hall–Kier alpha value is -1.46. The molecule has 4 nitrogen and oxygen atoms in total. The smallest absolute Gasteiger partial charge is 0.236 e. The molecule has 0 radical (unpaired) electrons. The second kappa shape index (κ2) is 6.12. The van der Waals surface area contributed by atoms with Crippen molar-refractivity contribution in [2.75, 3.05) is 5.32 Å². The van der Waals surface area contributed by atoms with Crippen LogP contribution in [-0.4, -0.2) is 16.1 Å². The largest absolute Gasteiger partial charge is 0.300 e. The summed E-state index contributed by atoms with van der Waals surface area (Å²) < 4.78 is 0. The number of benzene rings is 1. The van der Waals surface area contributed by atoms with Gasteiger partial charge in [0.1, 0.15) is 5.01 Å². The number of amides is 1. The first-order valence-electron chi connectivity index (χ1n) is 6.71. The molecule has 21 heavy (non-hydrogen) atoms. The highest BCUT2D eigenvalue weighted by molar-refractivity contribution is 7.15. The summed E-state index contributed by atoms with van der Waals surface area (Å²) in [6.07, 6.45) is 0. The van der Waals surface area contributed by atoms with Crippen molar-refractivity contribution >= 4 is 34.0 Å². The predicted molar refractivity (Wildman–Crippen MR) is 87.1 cm³/mol. The van der Waals surface area contributed by atoms with Gasteiger partial charge in [0.2, 0.25) is 11.0 Å². The lowest BCUT2D eigenvalue weighted by molar-refractivity contribution is -0.120. The molecule has 0 unspecified atom stereocenters. The molecule has 1 amide bonds. The summed E-state index contributed by atoms with van der Waals surface area (Å²) in [5.41, 5.74) is 0.162. The molecule has 1 aromatic heterocycles. The molecular formula is C15H18ClN3OS. The van der Waals surface area contributed by atoms with Crippen LogP contribution >= 0.6 is 22.9 Å². The summed E-state index contributed by atoms with van der Waals surface area (Å²) in [4.78, 5) is 12.5. The highest BCUT2D eigenvalue weighted by atomic mass is 35.5. The first-order chi connectivity index (χ1) is 9.80. The maximum absolute atomic E-state index is 12.5. The van der Waals surface area contributed by atoms with Crippen LogP contribution in [0.2, 0.25) is 5.02 Å². The number of carbonyl (C=O) groups is 1. The van der Waals surface area contributed by atoms with Gasteiger partial charge in [-0.15, -0.1) is 10.2 Å². The van der Waals surface area contributed by atoms with Crippen LogP contribution in [0.4, 0.5) is 5.13 Å². The van der Waals surface area contributed by atoms with Crippen LogP contribution in [-0.2, 0) is 10.2 Å². The van der Waals surface area contributed by atoms with E-state index in [-0.39, 0.29) is 5.91 Å². The minimum absolute atomic E-state index is 0.128. The maximum atomic E-state index is 12.5. The Morgan fingerprint density at radius 1 is 1.33 bits per heavy atom. The molecule has 0 atom stereocenters. The zero-order chi connectivity index (χ0) is 15.6. The molecule has 1 N–H and O–H groups in total. The third-order valence-corrected chi connectivity index (χ3v) is 4.64. The molecule has 1 heterocycles. The van der Waals surface area contributed by atoms with E-state index in [1.807, 2.05) is 39.8 Å². The lowest BCUT2D eigenvalue weighted by atomic mass is 9.84. The Balaban J connectivity index is 2.18. The monoisotopic (exact) mass is 323 g/mol. The zero-order valence-electron chi connectivity index (χ0n) is 12.5. The van der Waals surface area contributed by atoms with Crippen molar-refractivity contribution in [1.29, 1.82) is 0 Å². The van der Waals surface area contributed by atoms with Crippen molar-refractivity contribution in [3.8, 4) is 0 Å². The number of nitrogens with zero attached hydrogens (tertiary/aromatic N) is 2. The van der Waals surface area contributed by atoms with E-state index in [2.05, 4.69) is 15.5 Å². The molecule has 0 bridgehead atoms. The highest BCUT2D eigenvalue weighted by Crippen LogP contribution is 2.28. The molecule has 0 aliphatic rings. The second-order valence-electron chi connectivity index (χ2n) is 5.69. The Morgan fingerprint density at radius 3 is 2.62 bits per heavy atom. The van der Waals surface area contributed by atoms with Crippen molar-refractivity contribution in [3.63, 3.8) is 0 Å². The van der Waals surface area contributed by atoms with Gasteiger partial charge in [-0.25, -0.2) is 0 Å². The number of hydrogen-bond donors (Lipinski definition) is 1. The van der Waals surface area contributed by atoms with Crippen LogP contribution in [0.25, 0.3) is 0 Å². The average molecular weight is 324 g/mol. The Labute approximate surface area is 133 Å². The fourth-order valence-corrected chi connectivity index (χ4v) is 2.71.